The van der Waals surface area contributed by atoms with Gasteiger partial charge in [0.2, 0.25) is 5.78 Å². The second-order valence-corrected chi connectivity index (χ2v) is 5.62. The predicted molar refractivity (Wildman–Crippen MR) is 86.0 cm³/mol. The van der Waals surface area contributed by atoms with Crippen LogP contribution in [0.25, 0.3) is 15.7 Å². The summed E-state index contributed by atoms with van der Waals surface area (Å²) in [5.41, 5.74) is 1.02. The molecule has 0 aliphatic rings. The molecular weight excluding hydrogens is 282 g/mol. The minimum absolute atomic E-state index is 0.0890. The second kappa shape index (κ2) is 5.50. The molecule has 1 aromatic carbocycles. The van der Waals surface area contributed by atoms with Gasteiger partial charge in [-0.25, -0.2) is 0 Å². The Morgan fingerprint density at radius 3 is 2.81 bits per heavy atom. The van der Waals surface area contributed by atoms with Crippen LogP contribution in [0.15, 0.2) is 55.2 Å². The molecule has 2 aromatic heterocycles. The van der Waals surface area contributed by atoms with Gasteiger partial charge in [0.1, 0.15) is 5.75 Å². The van der Waals surface area contributed by atoms with Gasteiger partial charge >= 0.3 is 0 Å². The molecule has 0 saturated heterocycles. The van der Waals surface area contributed by atoms with E-state index in [9.17, 15) is 4.79 Å². The van der Waals surface area contributed by atoms with Crippen LogP contribution in [0.2, 0.25) is 0 Å². The van der Waals surface area contributed by atoms with E-state index in [-0.39, 0.29) is 5.78 Å². The fraction of sp³-hybridized carbons (Fsp3) is 0.0588. The van der Waals surface area contributed by atoms with Crippen LogP contribution in [0.3, 0.4) is 0 Å². The Hall–Kier alpha value is -2.46. The number of nitrogens with zero attached hydrogens (tertiary/aromatic N) is 1. The first-order valence-corrected chi connectivity index (χ1v) is 7.23. The highest BCUT2D eigenvalue weighted by Gasteiger charge is 2.16. The van der Waals surface area contributed by atoms with Crippen LogP contribution in [0.4, 0.5) is 0 Å². The van der Waals surface area contributed by atoms with E-state index in [4.69, 9.17) is 4.74 Å². The summed E-state index contributed by atoms with van der Waals surface area (Å²) in [6, 6.07) is 13.1. The molecule has 0 spiro atoms. The first-order valence-electron chi connectivity index (χ1n) is 6.41. The maximum atomic E-state index is 12.5. The normalized spacial score (nSPS) is 10.5. The van der Waals surface area contributed by atoms with Crippen molar-refractivity contribution in [2.24, 2.45) is 0 Å². The molecule has 104 valence electrons. The zero-order valence-corrected chi connectivity index (χ0v) is 12.3. The quantitative estimate of drug-likeness (QED) is 0.535. The monoisotopic (exact) mass is 295 g/mol. The number of aromatic nitrogens is 1. The number of hydrogen-bond acceptors (Lipinski definition) is 4. The number of hydrogen-bond donors (Lipinski definition) is 0. The molecule has 0 unspecified atom stereocenters. The van der Waals surface area contributed by atoms with Crippen LogP contribution in [-0.2, 0) is 0 Å². The van der Waals surface area contributed by atoms with Crippen LogP contribution >= 0.6 is 11.3 Å². The summed E-state index contributed by atoms with van der Waals surface area (Å²) in [4.78, 5) is 17.3. The van der Waals surface area contributed by atoms with Crippen LogP contribution < -0.4 is 4.74 Å². The minimum Gasteiger partial charge on any atom is -0.497 e. The van der Waals surface area contributed by atoms with Crippen molar-refractivity contribution < 1.29 is 9.53 Å². The SMILES string of the molecule is C=C(C(=O)c1cc2ccc(OC)cc2s1)c1ccccn1. The number of benzene rings is 1. The Labute approximate surface area is 126 Å². The van der Waals surface area contributed by atoms with Gasteiger partial charge in [-0.3, -0.25) is 9.78 Å². The number of ether oxygens (including phenoxy) is 1. The Morgan fingerprint density at radius 2 is 2.10 bits per heavy atom. The van der Waals surface area contributed by atoms with Gasteiger partial charge in [0.25, 0.3) is 0 Å². The lowest BCUT2D eigenvalue weighted by Crippen LogP contribution is -2.00. The van der Waals surface area contributed by atoms with Gasteiger partial charge < -0.3 is 4.74 Å². The number of allylic oxidation sites excluding steroid dienone is 1. The molecule has 3 aromatic rings. The smallest absolute Gasteiger partial charge is 0.204 e. The van der Waals surface area contributed by atoms with Gasteiger partial charge in [-0.05, 0) is 41.8 Å². The van der Waals surface area contributed by atoms with Gasteiger partial charge in [-0.1, -0.05) is 12.6 Å². The number of thiophene rings is 1. The van der Waals surface area contributed by atoms with E-state index in [0.717, 1.165) is 15.8 Å². The van der Waals surface area contributed by atoms with Gasteiger partial charge in [-0.2, -0.15) is 0 Å². The summed E-state index contributed by atoms with van der Waals surface area (Å²) < 4.78 is 6.22. The number of fused-ring (bicyclic) bond motifs is 1. The van der Waals surface area contributed by atoms with Crippen LogP contribution in [-0.4, -0.2) is 17.9 Å². The molecule has 21 heavy (non-hydrogen) atoms. The summed E-state index contributed by atoms with van der Waals surface area (Å²) in [5, 5.41) is 1.03. The van der Waals surface area contributed by atoms with Crippen molar-refractivity contribution in [3.8, 4) is 5.75 Å². The summed E-state index contributed by atoms with van der Waals surface area (Å²) in [6.07, 6.45) is 1.66. The number of rotatable bonds is 4. The molecule has 4 heteroatoms. The molecule has 0 fully saturated rings. The Morgan fingerprint density at radius 1 is 1.24 bits per heavy atom. The Bertz CT molecular complexity index is 821. The van der Waals surface area contributed by atoms with E-state index in [1.54, 1.807) is 19.4 Å². The number of carbonyl (C=O) groups excluding carboxylic acids is 1. The van der Waals surface area contributed by atoms with Crippen molar-refractivity contribution in [2.75, 3.05) is 7.11 Å². The second-order valence-electron chi connectivity index (χ2n) is 4.54. The van der Waals surface area contributed by atoms with E-state index in [2.05, 4.69) is 11.6 Å². The molecule has 0 N–H and O–H groups in total. The van der Waals surface area contributed by atoms with E-state index in [0.29, 0.717) is 16.1 Å². The molecule has 0 amide bonds. The van der Waals surface area contributed by atoms with Gasteiger partial charge in [-0.15, -0.1) is 11.3 Å². The fourth-order valence-corrected chi connectivity index (χ4v) is 3.12. The lowest BCUT2D eigenvalue weighted by atomic mass is 10.1. The molecule has 2 heterocycles. The molecule has 0 bridgehead atoms. The number of Topliss-reactive ketones (excluding diaryl/α,β-unsaturated/α-hetero) is 1. The molecule has 0 aliphatic carbocycles. The maximum absolute atomic E-state index is 12.5. The van der Waals surface area contributed by atoms with Gasteiger partial charge in [0.05, 0.1) is 17.7 Å². The molecule has 0 radical (unpaired) electrons. The first kappa shape index (κ1) is 13.5. The van der Waals surface area contributed by atoms with E-state index >= 15 is 0 Å². The zero-order chi connectivity index (χ0) is 14.8. The lowest BCUT2D eigenvalue weighted by molar-refractivity contribution is 0.106. The van der Waals surface area contributed by atoms with Crippen LogP contribution in [0.5, 0.6) is 5.75 Å². The van der Waals surface area contributed by atoms with E-state index < -0.39 is 0 Å². The zero-order valence-electron chi connectivity index (χ0n) is 11.5. The number of ketones is 1. The van der Waals surface area contributed by atoms with Crippen molar-refractivity contribution in [1.82, 2.24) is 4.98 Å². The molecule has 0 atom stereocenters. The highest BCUT2D eigenvalue weighted by Crippen LogP contribution is 2.31. The molecule has 3 nitrogen and oxygen atoms in total. The topological polar surface area (TPSA) is 39.2 Å². The summed E-state index contributed by atoms with van der Waals surface area (Å²) >= 11 is 1.44. The Kier molecular flexibility index (Phi) is 3.54. The molecule has 0 saturated carbocycles. The number of methoxy groups -OCH3 is 1. The fourth-order valence-electron chi connectivity index (χ4n) is 2.06. The van der Waals surface area contributed by atoms with E-state index in [1.165, 1.54) is 11.3 Å². The van der Waals surface area contributed by atoms with Crippen LogP contribution in [0.1, 0.15) is 15.4 Å². The van der Waals surface area contributed by atoms with Crippen molar-refractivity contribution in [3.63, 3.8) is 0 Å². The number of carbonyl (C=O) groups is 1. The van der Waals surface area contributed by atoms with Crippen molar-refractivity contribution in [2.45, 2.75) is 0 Å². The molecule has 0 aliphatic heterocycles. The highest BCUT2D eigenvalue weighted by atomic mass is 32.1. The van der Waals surface area contributed by atoms with Crippen molar-refractivity contribution in [3.05, 3.63) is 65.8 Å². The third-order valence-electron chi connectivity index (χ3n) is 3.20. The largest absolute Gasteiger partial charge is 0.497 e. The summed E-state index contributed by atoms with van der Waals surface area (Å²) in [6.45, 7) is 3.88. The highest BCUT2D eigenvalue weighted by molar-refractivity contribution is 7.21. The number of pyridine rings is 1. The van der Waals surface area contributed by atoms with Crippen LogP contribution in [0, 0.1) is 0 Å². The Balaban J connectivity index is 1.96. The standard InChI is InChI=1S/C17H13NO2S/c1-11(14-5-3-4-8-18-14)17(19)16-9-12-6-7-13(20-2)10-15(12)21-16/h3-10H,1H2,2H3. The summed E-state index contributed by atoms with van der Waals surface area (Å²) in [5.74, 6) is 0.695. The van der Waals surface area contributed by atoms with Crippen molar-refractivity contribution in [1.29, 1.82) is 0 Å². The molecule has 3 rings (SSSR count). The summed E-state index contributed by atoms with van der Waals surface area (Å²) in [7, 11) is 1.63. The predicted octanol–water partition coefficient (Wildman–Crippen LogP) is 4.20. The lowest BCUT2D eigenvalue weighted by Gasteiger charge is -2.01. The van der Waals surface area contributed by atoms with Gasteiger partial charge in [0, 0.05) is 16.5 Å². The minimum atomic E-state index is -0.0890. The maximum Gasteiger partial charge on any atom is 0.204 e. The third-order valence-corrected chi connectivity index (χ3v) is 4.30. The first-order chi connectivity index (χ1) is 10.2. The van der Waals surface area contributed by atoms with Crippen molar-refractivity contribution >= 4 is 32.8 Å². The molecular formula is C17H13NO2S. The van der Waals surface area contributed by atoms with E-state index in [1.807, 2.05) is 36.4 Å². The van der Waals surface area contributed by atoms with Gasteiger partial charge in [0.15, 0.2) is 0 Å². The average molecular weight is 295 g/mol. The third kappa shape index (κ3) is 2.58. The average Bonchev–Trinajstić information content (AvgIpc) is 2.97.